The summed E-state index contributed by atoms with van der Waals surface area (Å²) in [6.45, 7) is 1.78. The minimum absolute atomic E-state index is 0.0924. The molecule has 2 rings (SSSR count). The number of carbonyl (C=O) groups is 1. The van der Waals surface area contributed by atoms with Gasteiger partial charge in [0.15, 0.2) is 5.15 Å². The monoisotopic (exact) mass is 280 g/mol. The molecular formula is C13H10ClFN2O2. The molecule has 1 amide bonds. The van der Waals surface area contributed by atoms with Crippen LogP contribution in [0.3, 0.4) is 0 Å². The van der Waals surface area contributed by atoms with Crippen molar-refractivity contribution in [2.75, 3.05) is 5.32 Å². The first-order valence-electron chi connectivity index (χ1n) is 5.40. The van der Waals surface area contributed by atoms with Crippen LogP contribution in [0.2, 0.25) is 5.15 Å². The Balaban J connectivity index is 2.34. The molecule has 4 nitrogen and oxygen atoms in total. The van der Waals surface area contributed by atoms with Crippen molar-refractivity contribution in [2.24, 2.45) is 0 Å². The van der Waals surface area contributed by atoms with E-state index < -0.39 is 23.0 Å². The van der Waals surface area contributed by atoms with Crippen molar-refractivity contribution in [1.82, 2.24) is 4.98 Å². The predicted octanol–water partition coefficient (Wildman–Crippen LogP) is 3.14. The lowest BCUT2D eigenvalue weighted by atomic mass is 10.1. The third-order valence-electron chi connectivity index (χ3n) is 2.44. The summed E-state index contributed by atoms with van der Waals surface area (Å²) in [7, 11) is 0. The summed E-state index contributed by atoms with van der Waals surface area (Å²) in [5, 5.41) is 12.0. The first-order chi connectivity index (χ1) is 8.99. The molecule has 0 fully saturated rings. The van der Waals surface area contributed by atoms with E-state index in [1.54, 1.807) is 19.2 Å². The van der Waals surface area contributed by atoms with Crippen LogP contribution in [0.25, 0.3) is 0 Å². The SMILES string of the molecule is Cc1cnc(Cl)c(NC(=O)c2c(O)cccc2F)c1. The number of anilines is 1. The van der Waals surface area contributed by atoms with E-state index in [0.717, 1.165) is 11.6 Å². The molecule has 2 aromatic rings. The van der Waals surface area contributed by atoms with Crippen molar-refractivity contribution in [3.63, 3.8) is 0 Å². The molecular weight excluding hydrogens is 271 g/mol. The molecule has 0 atom stereocenters. The van der Waals surface area contributed by atoms with Crippen LogP contribution in [0.4, 0.5) is 10.1 Å². The number of amides is 1. The number of phenolic OH excluding ortho intramolecular Hbond substituents is 1. The number of hydrogen-bond acceptors (Lipinski definition) is 3. The van der Waals surface area contributed by atoms with Crippen molar-refractivity contribution >= 4 is 23.2 Å². The standard InChI is InChI=1S/C13H10ClFN2O2/c1-7-5-9(12(14)16-6-7)17-13(19)11-8(15)3-2-4-10(11)18/h2-6,18H,1H3,(H,17,19). The van der Waals surface area contributed by atoms with Crippen molar-refractivity contribution in [1.29, 1.82) is 0 Å². The summed E-state index contributed by atoms with van der Waals surface area (Å²) in [6, 6.07) is 5.23. The first kappa shape index (κ1) is 13.3. The topological polar surface area (TPSA) is 62.2 Å². The molecule has 0 unspecified atom stereocenters. The Hall–Kier alpha value is -2.14. The lowest BCUT2D eigenvalue weighted by molar-refractivity contribution is 0.102. The molecule has 0 radical (unpaired) electrons. The Morgan fingerprint density at radius 1 is 1.47 bits per heavy atom. The number of nitrogens with zero attached hydrogens (tertiary/aromatic N) is 1. The number of nitrogens with one attached hydrogen (secondary N) is 1. The molecule has 0 aliphatic carbocycles. The molecule has 19 heavy (non-hydrogen) atoms. The largest absolute Gasteiger partial charge is 0.507 e. The van der Waals surface area contributed by atoms with Gasteiger partial charge in [-0.25, -0.2) is 9.37 Å². The Labute approximate surface area is 113 Å². The van der Waals surface area contributed by atoms with Gasteiger partial charge in [-0.3, -0.25) is 4.79 Å². The molecule has 1 aromatic heterocycles. The molecule has 98 valence electrons. The molecule has 0 aliphatic heterocycles. The molecule has 0 aliphatic rings. The number of pyridine rings is 1. The van der Waals surface area contributed by atoms with Gasteiger partial charge in [-0.05, 0) is 30.7 Å². The van der Waals surface area contributed by atoms with Gasteiger partial charge in [0.2, 0.25) is 0 Å². The van der Waals surface area contributed by atoms with Crippen LogP contribution in [0.5, 0.6) is 5.75 Å². The van der Waals surface area contributed by atoms with Gasteiger partial charge in [0.05, 0.1) is 5.69 Å². The van der Waals surface area contributed by atoms with Crippen molar-refractivity contribution in [2.45, 2.75) is 6.92 Å². The summed E-state index contributed by atoms with van der Waals surface area (Å²) in [5.74, 6) is -2.03. The summed E-state index contributed by atoms with van der Waals surface area (Å²) in [5.41, 5.74) is 0.617. The third-order valence-corrected chi connectivity index (χ3v) is 2.74. The lowest BCUT2D eigenvalue weighted by Gasteiger charge is -2.09. The number of aromatic hydroxyl groups is 1. The van der Waals surface area contributed by atoms with Crippen LogP contribution < -0.4 is 5.32 Å². The fourth-order valence-electron chi connectivity index (χ4n) is 1.56. The number of phenols is 1. The normalized spacial score (nSPS) is 10.3. The molecule has 0 saturated heterocycles. The maximum atomic E-state index is 13.5. The van der Waals surface area contributed by atoms with Gasteiger partial charge in [-0.1, -0.05) is 17.7 Å². The minimum Gasteiger partial charge on any atom is -0.507 e. The fraction of sp³-hybridized carbons (Fsp3) is 0.0769. The van der Waals surface area contributed by atoms with Crippen molar-refractivity contribution in [3.8, 4) is 5.75 Å². The van der Waals surface area contributed by atoms with Gasteiger partial charge in [0.25, 0.3) is 5.91 Å². The average Bonchev–Trinajstić information content (AvgIpc) is 2.33. The second-order valence-electron chi connectivity index (χ2n) is 3.94. The number of aromatic nitrogens is 1. The van der Waals surface area contributed by atoms with Gasteiger partial charge in [-0.15, -0.1) is 0 Å². The highest BCUT2D eigenvalue weighted by molar-refractivity contribution is 6.32. The van der Waals surface area contributed by atoms with E-state index in [4.69, 9.17) is 11.6 Å². The van der Waals surface area contributed by atoms with Gasteiger partial charge in [-0.2, -0.15) is 0 Å². The lowest BCUT2D eigenvalue weighted by Crippen LogP contribution is -2.14. The smallest absolute Gasteiger partial charge is 0.262 e. The number of halogens is 2. The Morgan fingerprint density at radius 3 is 2.89 bits per heavy atom. The van der Waals surface area contributed by atoms with Crippen molar-refractivity contribution in [3.05, 3.63) is 52.6 Å². The summed E-state index contributed by atoms with van der Waals surface area (Å²) < 4.78 is 13.5. The zero-order valence-electron chi connectivity index (χ0n) is 9.95. The molecule has 6 heteroatoms. The van der Waals surface area contributed by atoms with E-state index in [-0.39, 0.29) is 10.8 Å². The molecule has 1 heterocycles. The second kappa shape index (κ2) is 5.24. The molecule has 0 bridgehead atoms. The Kier molecular flexibility index (Phi) is 3.66. The highest BCUT2D eigenvalue weighted by atomic mass is 35.5. The molecule has 0 saturated carbocycles. The van der Waals surface area contributed by atoms with Crippen LogP contribution in [-0.2, 0) is 0 Å². The Bertz CT molecular complexity index is 626. The van der Waals surface area contributed by atoms with Crippen LogP contribution in [0, 0.1) is 12.7 Å². The number of carbonyl (C=O) groups excluding carboxylic acids is 1. The van der Waals surface area contributed by atoms with E-state index in [2.05, 4.69) is 10.3 Å². The fourth-order valence-corrected chi connectivity index (χ4v) is 1.71. The summed E-state index contributed by atoms with van der Waals surface area (Å²) in [6.07, 6.45) is 1.54. The minimum atomic E-state index is -0.811. The highest BCUT2D eigenvalue weighted by Crippen LogP contribution is 2.24. The zero-order chi connectivity index (χ0) is 14.0. The number of hydrogen-bond donors (Lipinski definition) is 2. The highest BCUT2D eigenvalue weighted by Gasteiger charge is 2.17. The van der Waals surface area contributed by atoms with Gasteiger partial charge in [0.1, 0.15) is 17.1 Å². The third kappa shape index (κ3) is 2.82. The maximum Gasteiger partial charge on any atom is 0.262 e. The quantitative estimate of drug-likeness (QED) is 0.831. The molecule has 1 aromatic carbocycles. The summed E-state index contributed by atoms with van der Waals surface area (Å²) >= 11 is 5.83. The van der Waals surface area contributed by atoms with E-state index in [1.165, 1.54) is 12.1 Å². The van der Waals surface area contributed by atoms with E-state index in [9.17, 15) is 14.3 Å². The van der Waals surface area contributed by atoms with Gasteiger partial charge >= 0.3 is 0 Å². The first-order valence-corrected chi connectivity index (χ1v) is 5.78. The number of aryl methyl sites for hydroxylation is 1. The van der Waals surface area contributed by atoms with Crippen LogP contribution in [0.15, 0.2) is 30.5 Å². The van der Waals surface area contributed by atoms with E-state index in [1.807, 2.05) is 0 Å². The second-order valence-corrected chi connectivity index (χ2v) is 4.30. The van der Waals surface area contributed by atoms with Gasteiger partial charge < -0.3 is 10.4 Å². The van der Waals surface area contributed by atoms with Gasteiger partial charge in [0, 0.05) is 6.20 Å². The van der Waals surface area contributed by atoms with E-state index >= 15 is 0 Å². The van der Waals surface area contributed by atoms with Crippen molar-refractivity contribution < 1.29 is 14.3 Å². The number of benzene rings is 1. The predicted molar refractivity (Wildman–Crippen MR) is 70.0 cm³/mol. The molecule has 2 N–H and O–H groups in total. The van der Waals surface area contributed by atoms with Crippen LogP contribution in [-0.4, -0.2) is 16.0 Å². The van der Waals surface area contributed by atoms with Crippen LogP contribution in [0.1, 0.15) is 15.9 Å². The zero-order valence-corrected chi connectivity index (χ0v) is 10.7. The van der Waals surface area contributed by atoms with E-state index in [0.29, 0.717) is 0 Å². The number of rotatable bonds is 2. The summed E-state index contributed by atoms with van der Waals surface area (Å²) in [4.78, 5) is 15.8. The Morgan fingerprint density at radius 2 is 2.21 bits per heavy atom. The maximum absolute atomic E-state index is 13.5. The molecule has 0 spiro atoms. The van der Waals surface area contributed by atoms with Crippen LogP contribution >= 0.6 is 11.6 Å². The average molecular weight is 281 g/mol.